The number of aromatic nitrogens is 4. The zero-order valence-corrected chi connectivity index (χ0v) is 12.3. The Bertz CT molecular complexity index is 772. The molecule has 0 fully saturated rings. The van der Waals surface area contributed by atoms with Crippen molar-refractivity contribution >= 4 is 27.8 Å². The first kappa shape index (κ1) is 13.4. The number of aromatic amines is 1. The van der Waals surface area contributed by atoms with Crippen LogP contribution in [-0.2, 0) is 0 Å². The second-order valence-electron chi connectivity index (χ2n) is 4.16. The molecule has 0 aliphatic carbocycles. The van der Waals surface area contributed by atoms with E-state index in [1.807, 2.05) is 18.2 Å². The van der Waals surface area contributed by atoms with Crippen molar-refractivity contribution in [3.63, 3.8) is 0 Å². The lowest BCUT2D eigenvalue weighted by molar-refractivity contribution is 0.102. The van der Waals surface area contributed by atoms with Crippen molar-refractivity contribution in [2.75, 3.05) is 5.32 Å². The van der Waals surface area contributed by atoms with Crippen molar-refractivity contribution in [1.82, 2.24) is 20.2 Å². The van der Waals surface area contributed by atoms with Gasteiger partial charge >= 0.3 is 0 Å². The SMILES string of the molecule is O=C(Nc1n[nH]c(-c2ccccn2)n1)c1ccccc1Br. The van der Waals surface area contributed by atoms with Gasteiger partial charge in [-0.3, -0.25) is 20.2 Å². The number of carbonyl (C=O) groups is 1. The average Bonchev–Trinajstić information content (AvgIpc) is 2.97. The number of benzene rings is 1. The van der Waals surface area contributed by atoms with Crippen molar-refractivity contribution in [2.45, 2.75) is 0 Å². The largest absolute Gasteiger partial charge is 0.289 e. The van der Waals surface area contributed by atoms with E-state index >= 15 is 0 Å². The molecule has 0 atom stereocenters. The molecule has 1 amide bonds. The Balaban J connectivity index is 1.79. The molecule has 0 bridgehead atoms. The molecule has 0 radical (unpaired) electrons. The molecule has 2 aromatic heterocycles. The highest BCUT2D eigenvalue weighted by Gasteiger charge is 2.13. The van der Waals surface area contributed by atoms with Gasteiger partial charge in [0.25, 0.3) is 5.91 Å². The van der Waals surface area contributed by atoms with Gasteiger partial charge in [0.2, 0.25) is 5.95 Å². The molecule has 0 saturated carbocycles. The first-order valence-corrected chi connectivity index (χ1v) is 6.93. The van der Waals surface area contributed by atoms with E-state index in [1.165, 1.54) is 0 Å². The van der Waals surface area contributed by atoms with Crippen LogP contribution in [0.4, 0.5) is 5.95 Å². The Morgan fingerprint density at radius 1 is 1.14 bits per heavy atom. The molecule has 0 saturated heterocycles. The van der Waals surface area contributed by atoms with Crippen molar-refractivity contribution in [1.29, 1.82) is 0 Å². The minimum absolute atomic E-state index is 0.205. The normalized spacial score (nSPS) is 10.3. The van der Waals surface area contributed by atoms with E-state index in [-0.39, 0.29) is 11.9 Å². The summed E-state index contributed by atoms with van der Waals surface area (Å²) < 4.78 is 0.711. The van der Waals surface area contributed by atoms with E-state index in [0.717, 1.165) is 0 Å². The lowest BCUT2D eigenvalue weighted by Gasteiger charge is -2.02. The summed E-state index contributed by atoms with van der Waals surface area (Å²) in [5.41, 5.74) is 1.17. The number of anilines is 1. The molecule has 2 N–H and O–H groups in total. The van der Waals surface area contributed by atoms with Gasteiger partial charge in [0.15, 0.2) is 5.82 Å². The van der Waals surface area contributed by atoms with Crippen molar-refractivity contribution in [3.05, 3.63) is 58.7 Å². The molecule has 7 heteroatoms. The summed E-state index contributed by atoms with van der Waals surface area (Å²) >= 11 is 3.33. The number of H-pyrrole nitrogens is 1. The minimum Gasteiger partial charge on any atom is -0.289 e. The molecule has 3 rings (SSSR count). The first-order chi connectivity index (χ1) is 10.2. The highest BCUT2D eigenvalue weighted by molar-refractivity contribution is 9.10. The van der Waals surface area contributed by atoms with Gasteiger partial charge in [-0.2, -0.15) is 4.98 Å². The van der Waals surface area contributed by atoms with Crippen LogP contribution in [0.25, 0.3) is 11.5 Å². The molecule has 0 unspecified atom stereocenters. The van der Waals surface area contributed by atoms with Crippen LogP contribution in [0.3, 0.4) is 0 Å². The van der Waals surface area contributed by atoms with Crippen LogP contribution in [0.5, 0.6) is 0 Å². The molecule has 0 spiro atoms. The number of rotatable bonds is 3. The average molecular weight is 344 g/mol. The van der Waals surface area contributed by atoms with Gasteiger partial charge < -0.3 is 0 Å². The first-order valence-electron chi connectivity index (χ1n) is 6.14. The second-order valence-corrected chi connectivity index (χ2v) is 5.01. The highest BCUT2D eigenvalue weighted by atomic mass is 79.9. The Labute approximate surface area is 128 Å². The van der Waals surface area contributed by atoms with Gasteiger partial charge in [-0.05, 0) is 40.2 Å². The molecular weight excluding hydrogens is 334 g/mol. The Hall–Kier alpha value is -2.54. The molecule has 1 aromatic carbocycles. The van der Waals surface area contributed by atoms with Crippen LogP contribution in [-0.4, -0.2) is 26.1 Å². The minimum atomic E-state index is -0.283. The number of carbonyl (C=O) groups excluding carboxylic acids is 1. The lowest BCUT2D eigenvalue weighted by atomic mass is 10.2. The Morgan fingerprint density at radius 3 is 2.71 bits per heavy atom. The Kier molecular flexibility index (Phi) is 3.74. The zero-order valence-electron chi connectivity index (χ0n) is 10.7. The summed E-state index contributed by atoms with van der Waals surface area (Å²) in [6, 6.07) is 12.6. The second kappa shape index (κ2) is 5.84. The highest BCUT2D eigenvalue weighted by Crippen LogP contribution is 2.17. The van der Waals surface area contributed by atoms with Crippen molar-refractivity contribution in [2.24, 2.45) is 0 Å². The zero-order chi connectivity index (χ0) is 14.7. The number of amides is 1. The Morgan fingerprint density at radius 2 is 1.95 bits per heavy atom. The maximum atomic E-state index is 12.1. The fourth-order valence-electron chi connectivity index (χ4n) is 1.75. The summed E-state index contributed by atoms with van der Waals surface area (Å²) in [5.74, 6) is 0.420. The number of hydrogen-bond acceptors (Lipinski definition) is 4. The molecule has 6 nitrogen and oxygen atoms in total. The molecular formula is C14H10BrN5O. The van der Waals surface area contributed by atoms with Crippen LogP contribution in [0.2, 0.25) is 0 Å². The van der Waals surface area contributed by atoms with Gasteiger partial charge in [-0.1, -0.05) is 18.2 Å². The topological polar surface area (TPSA) is 83.6 Å². The van der Waals surface area contributed by atoms with E-state index in [1.54, 1.807) is 30.5 Å². The van der Waals surface area contributed by atoms with Gasteiger partial charge in [-0.15, -0.1) is 5.10 Å². The molecule has 21 heavy (non-hydrogen) atoms. The van der Waals surface area contributed by atoms with Gasteiger partial charge in [0.1, 0.15) is 5.69 Å². The fourth-order valence-corrected chi connectivity index (χ4v) is 2.21. The summed E-state index contributed by atoms with van der Waals surface area (Å²) in [5, 5.41) is 9.35. The third kappa shape index (κ3) is 2.97. The number of nitrogens with one attached hydrogen (secondary N) is 2. The van der Waals surface area contributed by atoms with E-state index in [0.29, 0.717) is 21.6 Å². The van der Waals surface area contributed by atoms with E-state index in [9.17, 15) is 4.79 Å². The van der Waals surface area contributed by atoms with Crippen LogP contribution in [0.15, 0.2) is 53.1 Å². The maximum Gasteiger partial charge on any atom is 0.259 e. The third-order valence-electron chi connectivity index (χ3n) is 2.74. The summed E-state index contributed by atoms with van der Waals surface area (Å²) in [6.07, 6.45) is 1.66. The van der Waals surface area contributed by atoms with E-state index in [4.69, 9.17) is 0 Å². The van der Waals surface area contributed by atoms with Gasteiger partial charge in [0, 0.05) is 10.7 Å². The third-order valence-corrected chi connectivity index (χ3v) is 3.43. The van der Waals surface area contributed by atoms with E-state index < -0.39 is 0 Å². The smallest absolute Gasteiger partial charge is 0.259 e. The monoisotopic (exact) mass is 343 g/mol. The number of pyridine rings is 1. The maximum absolute atomic E-state index is 12.1. The molecule has 104 valence electrons. The summed E-state index contributed by atoms with van der Waals surface area (Å²) in [6.45, 7) is 0. The van der Waals surface area contributed by atoms with E-state index in [2.05, 4.69) is 41.4 Å². The van der Waals surface area contributed by atoms with Crippen LogP contribution < -0.4 is 5.32 Å². The standard InChI is InChI=1S/C14H10BrN5O/c15-10-6-2-1-5-9(10)13(21)18-14-17-12(19-20-14)11-7-3-4-8-16-11/h1-8H,(H2,17,18,19,20,21). The summed E-state index contributed by atoms with van der Waals surface area (Å²) in [7, 11) is 0. The molecule has 0 aliphatic rings. The summed E-state index contributed by atoms with van der Waals surface area (Å²) in [4.78, 5) is 20.5. The fraction of sp³-hybridized carbons (Fsp3) is 0. The molecule has 3 aromatic rings. The van der Waals surface area contributed by atoms with Crippen LogP contribution in [0.1, 0.15) is 10.4 Å². The lowest BCUT2D eigenvalue weighted by Crippen LogP contribution is -2.13. The predicted octanol–water partition coefficient (Wildman–Crippen LogP) is 2.88. The number of hydrogen-bond donors (Lipinski definition) is 2. The number of halogens is 1. The quantitative estimate of drug-likeness (QED) is 0.765. The van der Waals surface area contributed by atoms with Crippen molar-refractivity contribution in [3.8, 4) is 11.5 Å². The van der Waals surface area contributed by atoms with Gasteiger partial charge in [0.05, 0.1) is 5.56 Å². The van der Waals surface area contributed by atoms with Crippen LogP contribution in [0, 0.1) is 0 Å². The van der Waals surface area contributed by atoms with Crippen molar-refractivity contribution < 1.29 is 4.79 Å². The number of nitrogens with zero attached hydrogens (tertiary/aromatic N) is 3. The van der Waals surface area contributed by atoms with Gasteiger partial charge in [-0.25, -0.2) is 0 Å². The predicted molar refractivity (Wildman–Crippen MR) is 81.7 cm³/mol. The molecule has 0 aliphatic heterocycles. The van der Waals surface area contributed by atoms with Crippen LogP contribution >= 0.6 is 15.9 Å². The molecule has 2 heterocycles.